The number of hydrogen-bond acceptors (Lipinski definition) is 4. The second kappa shape index (κ2) is 8.11. The van der Waals surface area contributed by atoms with E-state index in [0.717, 1.165) is 5.56 Å². The fourth-order valence-electron chi connectivity index (χ4n) is 2.42. The Hall–Kier alpha value is -2.41. The van der Waals surface area contributed by atoms with Crippen molar-refractivity contribution < 1.29 is 27.4 Å². The van der Waals surface area contributed by atoms with Crippen molar-refractivity contribution in [2.45, 2.75) is 25.9 Å². The fraction of sp³-hybridized carbons (Fsp3) is 0.333. The molecule has 25 heavy (non-hydrogen) atoms. The van der Waals surface area contributed by atoms with Crippen LogP contribution < -0.4 is 19.5 Å². The van der Waals surface area contributed by atoms with Crippen molar-refractivity contribution in [2.75, 3.05) is 14.2 Å². The lowest BCUT2D eigenvalue weighted by atomic mass is 10.1. The van der Waals surface area contributed by atoms with E-state index in [-0.39, 0.29) is 18.3 Å². The van der Waals surface area contributed by atoms with Gasteiger partial charge >= 0.3 is 6.36 Å². The normalized spacial score (nSPS) is 12.6. The van der Waals surface area contributed by atoms with Crippen LogP contribution in [0.4, 0.5) is 13.2 Å². The van der Waals surface area contributed by atoms with Crippen LogP contribution >= 0.6 is 0 Å². The summed E-state index contributed by atoms with van der Waals surface area (Å²) in [6.45, 7) is 2.10. The third-order valence-electron chi connectivity index (χ3n) is 3.70. The van der Waals surface area contributed by atoms with Gasteiger partial charge in [0.2, 0.25) is 0 Å². The van der Waals surface area contributed by atoms with Crippen molar-refractivity contribution in [3.8, 4) is 17.2 Å². The monoisotopic (exact) mass is 355 g/mol. The van der Waals surface area contributed by atoms with Gasteiger partial charge in [-0.1, -0.05) is 18.2 Å². The Morgan fingerprint density at radius 1 is 1.00 bits per heavy atom. The van der Waals surface area contributed by atoms with Crippen LogP contribution in [0, 0.1) is 0 Å². The van der Waals surface area contributed by atoms with Crippen molar-refractivity contribution in [1.82, 2.24) is 5.32 Å². The van der Waals surface area contributed by atoms with Gasteiger partial charge in [-0.05, 0) is 31.2 Å². The molecule has 0 aliphatic heterocycles. The van der Waals surface area contributed by atoms with Gasteiger partial charge in [-0.2, -0.15) is 0 Å². The van der Waals surface area contributed by atoms with E-state index >= 15 is 0 Å². The van der Waals surface area contributed by atoms with Crippen LogP contribution in [0.15, 0.2) is 42.5 Å². The number of benzene rings is 2. The lowest BCUT2D eigenvalue weighted by Crippen LogP contribution is -2.22. The van der Waals surface area contributed by atoms with Crippen LogP contribution in [0.3, 0.4) is 0 Å². The Labute approximate surface area is 144 Å². The summed E-state index contributed by atoms with van der Waals surface area (Å²) in [5.41, 5.74) is 1.25. The smallest absolute Gasteiger partial charge is 0.497 e. The first-order valence-electron chi connectivity index (χ1n) is 7.63. The molecule has 0 aromatic heterocycles. The van der Waals surface area contributed by atoms with Gasteiger partial charge in [0.1, 0.15) is 17.2 Å². The molecule has 1 unspecified atom stereocenters. The van der Waals surface area contributed by atoms with E-state index in [1.54, 1.807) is 38.5 Å². The third-order valence-corrected chi connectivity index (χ3v) is 3.70. The SMILES string of the molecule is COc1ccc(OC)c(C(C)NCc2ccccc2OC(F)(F)F)c1. The molecule has 2 aromatic rings. The quantitative estimate of drug-likeness (QED) is 0.796. The number of para-hydroxylation sites is 1. The van der Waals surface area contributed by atoms with Crippen molar-refractivity contribution in [2.24, 2.45) is 0 Å². The number of alkyl halides is 3. The number of nitrogens with one attached hydrogen (secondary N) is 1. The molecule has 0 heterocycles. The number of halogens is 3. The zero-order chi connectivity index (χ0) is 18.4. The van der Waals surface area contributed by atoms with E-state index < -0.39 is 6.36 Å². The minimum absolute atomic E-state index is 0.177. The summed E-state index contributed by atoms with van der Waals surface area (Å²) in [6.07, 6.45) is -4.72. The van der Waals surface area contributed by atoms with Crippen LogP contribution in [0.25, 0.3) is 0 Å². The third kappa shape index (κ3) is 5.29. The Kier molecular flexibility index (Phi) is 6.14. The number of ether oxygens (including phenoxy) is 3. The molecular weight excluding hydrogens is 335 g/mol. The summed E-state index contributed by atoms with van der Waals surface area (Å²) < 4.78 is 52.1. The molecule has 0 fully saturated rings. The highest BCUT2D eigenvalue weighted by molar-refractivity contribution is 5.42. The standard InChI is InChI=1S/C18H20F3NO3/c1-12(15-10-14(23-2)8-9-17(15)24-3)22-11-13-6-4-5-7-16(13)25-18(19,20)21/h4-10,12,22H,11H2,1-3H3. The molecule has 136 valence electrons. The van der Waals surface area contributed by atoms with E-state index in [1.807, 2.05) is 13.0 Å². The molecule has 1 atom stereocenters. The molecule has 0 radical (unpaired) electrons. The highest BCUT2D eigenvalue weighted by Gasteiger charge is 2.32. The molecule has 0 aliphatic carbocycles. The van der Waals surface area contributed by atoms with Crippen molar-refractivity contribution in [3.63, 3.8) is 0 Å². The minimum Gasteiger partial charge on any atom is -0.497 e. The summed E-state index contributed by atoms with van der Waals surface area (Å²) in [5, 5.41) is 3.18. The Morgan fingerprint density at radius 3 is 2.36 bits per heavy atom. The first kappa shape index (κ1) is 18.9. The maximum absolute atomic E-state index is 12.5. The van der Waals surface area contributed by atoms with Gasteiger partial charge in [-0.3, -0.25) is 0 Å². The van der Waals surface area contributed by atoms with Crippen LogP contribution in [-0.4, -0.2) is 20.6 Å². The highest BCUT2D eigenvalue weighted by Crippen LogP contribution is 2.30. The van der Waals surface area contributed by atoms with Gasteiger partial charge < -0.3 is 19.5 Å². The zero-order valence-electron chi connectivity index (χ0n) is 14.2. The number of hydrogen-bond donors (Lipinski definition) is 1. The molecule has 0 bridgehead atoms. The molecule has 0 aliphatic rings. The highest BCUT2D eigenvalue weighted by atomic mass is 19.4. The molecule has 0 amide bonds. The van der Waals surface area contributed by atoms with Gasteiger partial charge in [0.05, 0.1) is 14.2 Å². The molecule has 0 saturated heterocycles. The maximum Gasteiger partial charge on any atom is 0.573 e. The van der Waals surface area contributed by atoms with E-state index in [0.29, 0.717) is 17.1 Å². The average molecular weight is 355 g/mol. The second-order valence-electron chi connectivity index (χ2n) is 5.37. The van der Waals surface area contributed by atoms with Crippen LogP contribution in [0.2, 0.25) is 0 Å². The summed E-state index contributed by atoms with van der Waals surface area (Å²) in [5.74, 6) is 1.12. The average Bonchev–Trinajstić information content (AvgIpc) is 2.58. The Bertz CT molecular complexity index is 704. The summed E-state index contributed by atoms with van der Waals surface area (Å²) in [6, 6.07) is 11.3. The molecule has 0 saturated carbocycles. The van der Waals surface area contributed by atoms with Crippen molar-refractivity contribution in [1.29, 1.82) is 0 Å². The van der Waals surface area contributed by atoms with Gasteiger partial charge in [0, 0.05) is 23.7 Å². The number of methoxy groups -OCH3 is 2. The first-order chi connectivity index (χ1) is 11.8. The van der Waals surface area contributed by atoms with E-state index in [4.69, 9.17) is 9.47 Å². The summed E-state index contributed by atoms with van der Waals surface area (Å²) in [4.78, 5) is 0. The van der Waals surface area contributed by atoms with Crippen LogP contribution in [-0.2, 0) is 6.54 Å². The lowest BCUT2D eigenvalue weighted by molar-refractivity contribution is -0.274. The molecule has 2 rings (SSSR count). The van der Waals surface area contributed by atoms with Gasteiger partial charge in [-0.25, -0.2) is 0 Å². The molecule has 1 N–H and O–H groups in total. The molecule has 0 spiro atoms. The lowest BCUT2D eigenvalue weighted by Gasteiger charge is -2.19. The molecule has 7 heteroatoms. The van der Waals surface area contributed by atoms with Gasteiger partial charge in [-0.15, -0.1) is 13.2 Å². The Morgan fingerprint density at radius 2 is 1.72 bits per heavy atom. The van der Waals surface area contributed by atoms with E-state index in [9.17, 15) is 13.2 Å². The van der Waals surface area contributed by atoms with Crippen LogP contribution in [0.5, 0.6) is 17.2 Å². The largest absolute Gasteiger partial charge is 0.573 e. The van der Waals surface area contributed by atoms with Gasteiger partial charge in [0.15, 0.2) is 0 Å². The second-order valence-corrected chi connectivity index (χ2v) is 5.37. The van der Waals surface area contributed by atoms with E-state index in [2.05, 4.69) is 10.1 Å². The topological polar surface area (TPSA) is 39.7 Å². The van der Waals surface area contributed by atoms with Crippen LogP contribution in [0.1, 0.15) is 24.1 Å². The molecular formula is C18H20F3NO3. The van der Waals surface area contributed by atoms with Crippen molar-refractivity contribution in [3.05, 3.63) is 53.6 Å². The predicted molar refractivity (Wildman–Crippen MR) is 87.9 cm³/mol. The molecule has 4 nitrogen and oxygen atoms in total. The van der Waals surface area contributed by atoms with Crippen molar-refractivity contribution >= 4 is 0 Å². The predicted octanol–water partition coefficient (Wildman–Crippen LogP) is 4.45. The first-order valence-corrected chi connectivity index (χ1v) is 7.63. The van der Waals surface area contributed by atoms with E-state index in [1.165, 1.54) is 12.1 Å². The summed E-state index contributed by atoms with van der Waals surface area (Å²) in [7, 11) is 3.12. The minimum atomic E-state index is -4.72. The Balaban J connectivity index is 2.14. The summed E-state index contributed by atoms with van der Waals surface area (Å²) >= 11 is 0. The maximum atomic E-state index is 12.5. The molecule has 2 aromatic carbocycles. The zero-order valence-corrected chi connectivity index (χ0v) is 14.2. The van der Waals surface area contributed by atoms with Gasteiger partial charge in [0.25, 0.3) is 0 Å². The fourth-order valence-corrected chi connectivity index (χ4v) is 2.42. The number of rotatable bonds is 7.